The summed E-state index contributed by atoms with van der Waals surface area (Å²) in [5.74, 6) is -0.628. The van der Waals surface area contributed by atoms with E-state index in [1.165, 1.54) is 12.1 Å². The summed E-state index contributed by atoms with van der Waals surface area (Å²) in [6, 6.07) is 16.2. The van der Waals surface area contributed by atoms with Gasteiger partial charge in [-0.3, -0.25) is 4.18 Å². The number of aryl methyl sites for hydroxylation is 2. The van der Waals surface area contributed by atoms with Crippen molar-refractivity contribution in [3.63, 3.8) is 0 Å². The average molecular weight is 405 g/mol. The lowest BCUT2D eigenvalue weighted by atomic mass is 10.1. The molecule has 2 aromatic rings. The topological polar surface area (TPSA) is 69.7 Å². The molecule has 2 rings (SSSR count). The van der Waals surface area contributed by atoms with Crippen LogP contribution in [0.25, 0.3) is 0 Å². The molecule has 0 spiro atoms. The minimum Gasteiger partial charge on any atom is -0.464 e. The molecule has 0 radical (unpaired) electrons. The first kappa shape index (κ1) is 22.1. The highest BCUT2D eigenvalue weighted by atomic mass is 32.2. The molecule has 0 amide bonds. The standard InChI is InChI=1S/C22H28O5S/c1-3-4-17-26-22(23)21(12-8-11-19-9-6-5-7-10-19)27-28(24,25)20-15-13-18(2)14-16-20/h5-7,9-10,13-16,21H,3-4,8,11-12,17H2,1-2H3/t21-/m1/s1. The number of ether oxygens (including phenoxy) is 1. The van der Waals surface area contributed by atoms with Crippen molar-refractivity contribution >= 4 is 16.1 Å². The Morgan fingerprint density at radius 3 is 2.32 bits per heavy atom. The Balaban J connectivity index is 2.05. The number of hydrogen-bond donors (Lipinski definition) is 0. The number of carbonyl (C=O) groups is 1. The largest absolute Gasteiger partial charge is 0.464 e. The Bertz CT molecular complexity index is 829. The molecule has 2 aromatic carbocycles. The van der Waals surface area contributed by atoms with Gasteiger partial charge in [0.25, 0.3) is 10.1 Å². The summed E-state index contributed by atoms with van der Waals surface area (Å²) in [4.78, 5) is 12.4. The van der Waals surface area contributed by atoms with Crippen LogP contribution >= 0.6 is 0 Å². The van der Waals surface area contributed by atoms with E-state index >= 15 is 0 Å². The van der Waals surface area contributed by atoms with Gasteiger partial charge in [0.2, 0.25) is 0 Å². The molecule has 0 unspecified atom stereocenters. The van der Waals surface area contributed by atoms with Crippen molar-refractivity contribution in [1.29, 1.82) is 0 Å². The SMILES string of the molecule is CCCCOC(=O)[C@@H](CCCc1ccccc1)OS(=O)(=O)c1ccc(C)cc1. The van der Waals surface area contributed by atoms with E-state index in [-0.39, 0.29) is 17.9 Å². The highest BCUT2D eigenvalue weighted by Gasteiger charge is 2.28. The van der Waals surface area contributed by atoms with Gasteiger partial charge in [-0.2, -0.15) is 8.42 Å². The van der Waals surface area contributed by atoms with Gasteiger partial charge in [-0.05, 0) is 50.3 Å². The maximum atomic E-state index is 12.6. The highest BCUT2D eigenvalue weighted by Crippen LogP contribution is 2.19. The van der Waals surface area contributed by atoms with Crippen molar-refractivity contribution in [2.75, 3.05) is 6.61 Å². The van der Waals surface area contributed by atoms with E-state index in [4.69, 9.17) is 8.92 Å². The van der Waals surface area contributed by atoms with Gasteiger partial charge in [0.1, 0.15) is 0 Å². The lowest BCUT2D eigenvalue weighted by Gasteiger charge is -2.17. The van der Waals surface area contributed by atoms with Crippen LogP contribution in [0.3, 0.4) is 0 Å². The van der Waals surface area contributed by atoms with E-state index in [1.54, 1.807) is 12.1 Å². The van der Waals surface area contributed by atoms with Crippen molar-refractivity contribution in [3.8, 4) is 0 Å². The molecule has 6 heteroatoms. The van der Waals surface area contributed by atoms with Crippen LogP contribution in [-0.2, 0) is 30.3 Å². The molecule has 0 heterocycles. The lowest BCUT2D eigenvalue weighted by molar-refractivity contribution is -0.152. The highest BCUT2D eigenvalue weighted by molar-refractivity contribution is 7.86. The quantitative estimate of drug-likeness (QED) is 0.315. The molecule has 0 fully saturated rings. The zero-order valence-corrected chi connectivity index (χ0v) is 17.3. The molecule has 0 aliphatic heterocycles. The van der Waals surface area contributed by atoms with Gasteiger partial charge in [0.05, 0.1) is 11.5 Å². The number of rotatable bonds is 11. The third-order valence-electron chi connectivity index (χ3n) is 4.33. The normalized spacial score (nSPS) is 12.5. The smallest absolute Gasteiger partial charge is 0.336 e. The van der Waals surface area contributed by atoms with Crippen molar-refractivity contribution < 1.29 is 22.1 Å². The molecule has 1 atom stereocenters. The fourth-order valence-corrected chi connectivity index (χ4v) is 3.73. The zero-order valence-electron chi connectivity index (χ0n) is 16.5. The van der Waals surface area contributed by atoms with Gasteiger partial charge in [0.15, 0.2) is 6.10 Å². The molecular weight excluding hydrogens is 376 g/mol. The number of unbranched alkanes of at least 4 members (excludes halogenated alkanes) is 1. The first-order chi connectivity index (χ1) is 13.4. The van der Waals surface area contributed by atoms with Crippen LogP contribution in [0.15, 0.2) is 59.5 Å². The monoisotopic (exact) mass is 404 g/mol. The van der Waals surface area contributed by atoms with Crippen LogP contribution < -0.4 is 0 Å². The summed E-state index contributed by atoms with van der Waals surface area (Å²) in [6.07, 6.45) is 2.08. The Morgan fingerprint density at radius 2 is 1.68 bits per heavy atom. The maximum Gasteiger partial charge on any atom is 0.336 e. The predicted molar refractivity (Wildman–Crippen MR) is 108 cm³/mol. The van der Waals surface area contributed by atoms with E-state index in [2.05, 4.69) is 0 Å². The molecule has 0 bridgehead atoms. The van der Waals surface area contributed by atoms with Crippen LogP contribution in [0.1, 0.15) is 43.7 Å². The first-order valence-corrected chi connectivity index (χ1v) is 11.0. The van der Waals surface area contributed by atoms with Crippen LogP contribution in [-0.4, -0.2) is 27.1 Å². The number of carbonyl (C=O) groups excluding carboxylic acids is 1. The van der Waals surface area contributed by atoms with E-state index < -0.39 is 22.2 Å². The molecule has 5 nitrogen and oxygen atoms in total. The number of hydrogen-bond acceptors (Lipinski definition) is 5. The summed E-state index contributed by atoms with van der Waals surface area (Å²) in [5.41, 5.74) is 2.07. The van der Waals surface area contributed by atoms with E-state index in [0.29, 0.717) is 6.42 Å². The molecule has 28 heavy (non-hydrogen) atoms. The molecule has 0 aliphatic carbocycles. The van der Waals surface area contributed by atoms with Crippen molar-refractivity contribution in [1.82, 2.24) is 0 Å². The lowest BCUT2D eigenvalue weighted by Crippen LogP contribution is -2.30. The van der Waals surface area contributed by atoms with Crippen LogP contribution in [0.5, 0.6) is 0 Å². The van der Waals surface area contributed by atoms with Crippen molar-refractivity contribution in [2.24, 2.45) is 0 Å². The van der Waals surface area contributed by atoms with Crippen LogP contribution in [0, 0.1) is 6.92 Å². The molecular formula is C22H28O5S. The minimum atomic E-state index is -4.05. The molecule has 0 aromatic heterocycles. The Hall–Kier alpha value is -2.18. The van der Waals surface area contributed by atoms with Gasteiger partial charge in [-0.15, -0.1) is 0 Å². The number of esters is 1. The van der Waals surface area contributed by atoms with Gasteiger partial charge in [-0.25, -0.2) is 4.79 Å². The molecule has 152 valence electrons. The summed E-state index contributed by atoms with van der Waals surface area (Å²) < 4.78 is 35.7. The maximum absolute atomic E-state index is 12.6. The van der Waals surface area contributed by atoms with Crippen molar-refractivity contribution in [2.45, 2.75) is 57.0 Å². The van der Waals surface area contributed by atoms with Crippen LogP contribution in [0.4, 0.5) is 0 Å². The van der Waals surface area contributed by atoms with E-state index in [9.17, 15) is 13.2 Å². The zero-order chi connectivity index (χ0) is 20.4. The van der Waals surface area contributed by atoms with E-state index in [0.717, 1.165) is 30.4 Å². The Morgan fingerprint density at radius 1 is 1.00 bits per heavy atom. The third kappa shape index (κ3) is 7.09. The van der Waals surface area contributed by atoms with Gasteiger partial charge in [-0.1, -0.05) is 61.4 Å². The summed E-state index contributed by atoms with van der Waals surface area (Å²) in [5, 5.41) is 0. The summed E-state index contributed by atoms with van der Waals surface area (Å²) >= 11 is 0. The van der Waals surface area contributed by atoms with Gasteiger partial charge in [0, 0.05) is 0 Å². The molecule has 0 saturated carbocycles. The predicted octanol–water partition coefficient (Wildman–Crippen LogP) is 4.44. The van der Waals surface area contributed by atoms with Crippen molar-refractivity contribution in [3.05, 3.63) is 65.7 Å². The minimum absolute atomic E-state index is 0.0347. The fraction of sp³-hybridized carbons (Fsp3) is 0.409. The third-order valence-corrected chi connectivity index (χ3v) is 5.67. The second-order valence-electron chi connectivity index (χ2n) is 6.75. The summed E-state index contributed by atoms with van der Waals surface area (Å²) in [6.45, 7) is 4.12. The Labute approximate surface area is 167 Å². The van der Waals surface area contributed by atoms with E-state index in [1.807, 2.05) is 44.2 Å². The Kier molecular flexibility index (Phi) is 8.67. The van der Waals surface area contributed by atoms with Gasteiger partial charge < -0.3 is 4.74 Å². The number of benzene rings is 2. The first-order valence-electron chi connectivity index (χ1n) is 9.63. The fourth-order valence-electron chi connectivity index (χ4n) is 2.66. The molecule has 0 saturated heterocycles. The molecule has 0 aliphatic rings. The second-order valence-corrected chi connectivity index (χ2v) is 8.32. The van der Waals surface area contributed by atoms with Crippen LogP contribution in [0.2, 0.25) is 0 Å². The molecule has 0 N–H and O–H groups in total. The average Bonchev–Trinajstić information content (AvgIpc) is 2.68. The summed E-state index contributed by atoms with van der Waals surface area (Å²) in [7, 11) is -4.05. The second kappa shape index (κ2) is 11.0. The van der Waals surface area contributed by atoms with Gasteiger partial charge >= 0.3 is 5.97 Å².